The van der Waals surface area contributed by atoms with Crippen molar-refractivity contribution in [1.82, 2.24) is 9.88 Å². The van der Waals surface area contributed by atoms with Crippen LogP contribution in [0.2, 0.25) is 0 Å². The van der Waals surface area contributed by atoms with Gasteiger partial charge >= 0.3 is 0 Å². The van der Waals surface area contributed by atoms with Gasteiger partial charge in [0.05, 0.1) is 24.3 Å². The second-order valence-electron chi connectivity index (χ2n) is 5.48. The maximum atomic E-state index is 9.27. The predicted molar refractivity (Wildman–Crippen MR) is 78.4 cm³/mol. The van der Waals surface area contributed by atoms with Gasteiger partial charge in [-0.05, 0) is 30.7 Å². The summed E-state index contributed by atoms with van der Waals surface area (Å²) >= 11 is 0. The van der Waals surface area contributed by atoms with E-state index >= 15 is 0 Å². The van der Waals surface area contributed by atoms with Crippen LogP contribution in [0.1, 0.15) is 12.5 Å². The molecule has 2 atom stereocenters. The number of aromatic nitrogens is 1. The number of rotatable bonds is 3. The van der Waals surface area contributed by atoms with Crippen LogP contribution in [-0.2, 0) is 11.3 Å². The van der Waals surface area contributed by atoms with Crippen LogP contribution in [-0.4, -0.2) is 46.9 Å². The van der Waals surface area contributed by atoms with Crippen LogP contribution in [0.15, 0.2) is 36.5 Å². The molecule has 1 N–H and O–H groups in total. The third-order valence-electron chi connectivity index (χ3n) is 3.68. The first-order chi connectivity index (χ1) is 9.74. The molecular formula is C16H20N2O2. The van der Waals surface area contributed by atoms with Gasteiger partial charge < -0.3 is 9.84 Å². The molecule has 1 aliphatic rings. The molecule has 0 aliphatic carbocycles. The molecule has 4 heteroatoms. The Bertz CT molecular complexity index is 587. The molecule has 2 heterocycles. The first kappa shape index (κ1) is 13.5. The zero-order valence-corrected chi connectivity index (χ0v) is 11.7. The molecule has 1 aromatic carbocycles. The van der Waals surface area contributed by atoms with E-state index in [-0.39, 0.29) is 18.8 Å². The molecule has 1 fully saturated rings. The van der Waals surface area contributed by atoms with Crippen LogP contribution in [0, 0.1) is 0 Å². The van der Waals surface area contributed by atoms with E-state index in [4.69, 9.17) is 4.74 Å². The monoisotopic (exact) mass is 272 g/mol. The Kier molecular flexibility index (Phi) is 3.96. The lowest BCUT2D eigenvalue weighted by Crippen LogP contribution is -2.47. The predicted octanol–water partition coefficient (Wildman–Crippen LogP) is 1.82. The number of benzene rings is 1. The van der Waals surface area contributed by atoms with Gasteiger partial charge in [-0.25, -0.2) is 0 Å². The van der Waals surface area contributed by atoms with Crippen molar-refractivity contribution in [3.8, 4) is 0 Å². The number of morpholine rings is 1. The van der Waals surface area contributed by atoms with E-state index < -0.39 is 0 Å². The van der Waals surface area contributed by atoms with Crippen LogP contribution in [0.5, 0.6) is 0 Å². The van der Waals surface area contributed by atoms with Crippen molar-refractivity contribution in [2.45, 2.75) is 25.7 Å². The molecule has 0 saturated carbocycles. The summed E-state index contributed by atoms with van der Waals surface area (Å²) < 4.78 is 5.67. The molecule has 1 aromatic heterocycles. The van der Waals surface area contributed by atoms with Gasteiger partial charge in [-0.3, -0.25) is 9.88 Å². The summed E-state index contributed by atoms with van der Waals surface area (Å²) in [6.07, 6.45) is 1.92. The number of hydrogen-bond donors (Lipinski definition) is 1. The summed E-state index contributed by atoms with van der Waals surface area (Å²) in [4.78, 5) is 6.68. The van der Waals surface area contributed by atoms with E-state index in [0.717, 1.165) is 25.2 Å². The van der Waals surface area contributed by atoms with Crippen molar-refractivity contribution in [3.63, 3.8) is 0 Å². The lowest BCUT2D eigenvalue weighted by Gasteiger charge is -2.36. The largest absolute Gasteiger partial charge is 0.394 e. The number of fused-ring (bicyclic) bond motifs is 1. The lowest BCUT2D eigenvalue weighted by atomic mass is 10.1. The SMILES string of the molecule is CC1CN(Cc2ccc3ncccc3c2)CC(CO)O1. The minimum Gasteiger partial charge on any atom is -0.394 e. The molecule has 1 aliphatic heterocycles. The summed E-state index contributed by atoms with van der Waals surface area (Å²) in [5.41, 5.74) is 2.30. The number of ether oxygens (including phenoxy) is 1. The highest BCUT2D eigenvalue weighted by molar-refractivity contribution is 5.78. The van der Waals surface area contributed by atoms with Crippen molar-refractivity contribution >= 4 is 10.9 Å². The quantitative estimate of drug-likeness (QED) is 0.925. The number of pyridine rings is 1. The standard InChI is InChI=1S/C16H20N2O2/c1-12-8-18(10-15(11-19)20-12)9-13-4-5-16-14(7-13)3-2-6-17-16/h2-7,12,15,19H,8-11H2,1H3. The molecule has 0 radical (unpaired) electrons. The van der Waals surface area contributed by atoms with Gasteiger partial charge in [-0.1, -0.05) is 12.1 Å². The zero-order chi connectivity index (χ0) is 13.9. The van der Waals surface area contributed by atoms with Crippen LogP contribution in [0.3, 0.4) is 0 Å². The van der Waals surface area contributed by atoms with Gasteiger partial charge in [0.1, 0.15) is 0 Å². The van der Waals surface area contributed by atoms with Crippen LogP contribution in [0.4, 0.5) is 0 Å². The third kappa shape index (κ3) is 2.98. The smallest absolute Gasteiger partial charge is 0.0936 e. The number of aliphatic hydroxyl groups excluding tert-OH is 1. The molecule has 2 aromatic rings. The normalized spacial score (nSPS) is 24.1. The van der Waals surface area contributed by atoms with Gasteiger partial charge in [-0.15, -0.1) is 0 Å². The number of aliphatic hydroxyl groups is 1. The molecular weight excluding hydrogens is 252 g/mol. The summed E-state index contributed by atoms with van der Waals surface area (Å²) in [5, 5.41) is 10.4. The maximum absolute atomic E-state index is 9.27. The average Bonchev–Trinajstić information content (AvgIpc) is 2.46. The fraction of sp³-hybridized carbons (Fsp3) is 0.438. The van der Waals surface area contributed by atoms with E-state index in [0.29, 0.717) is 0 Å². The van der Waals surface area contributed by atoms with E-state index in [1.165, 1.54) is 10.9 Å². The highest BCUT2D eigenvalue weighted by Gasteiger charge is 2.24. The first-order valence-corrected chi connectivity index (χ1v) is 7.07. The summed E-state index contributed by atoms with van der Waals surface area (Å²) in [7, 11) is 0. The number of hydrogen-bond acceptors (Lipinski definition) is 4. The van der Waals surface area contributed by atoms with Crippen molar-refractivity contribution in [2.24, 2.45) is 0 Å². The summed E-state index contributed by atoms with van der Waals surface area (Å²) in [6.45, 7) is 4.71. The number of nitrogens with zero attached hydrogens (tertiary/aromatic N) is 2. The molecule has 0 bridgehead atoms. The van der Waals surface area contributed by atoms with Crippen molar-refractivity contribution in [3.05, 3.63) is 42.1 Å². The average molecular weight is 272 g/mol. The lowest BCUT2D eigenvalue weighted by molar-refractivity contribution is -0.0972. The molecule has 106 valence electrons. The van der Waals surface area contributed by atoms with Gasteiger partial charge in [0.25, 0.3) is 0 Å². The molecule has 4 nitrogen and oxygen atoms in total. The third-order valence-corrected chi connectivity index (χ3v) is 3.68. The Morgan fingerprint density at radius 2 is 2.25 bits per heavy atom. The minimum absolute atomic E-state index is 0.0686. The summed E-state index contributed by atoms with van der Waals surface area (Å²) in [6, 6.07) is 10.4. The van der Waals surface area contributed by atoms with Crippen molar-refractivity contribution in [1.29, 1.82) is 0 Å². The van der Waals surface area contributed by atoms with Crippen LogP contribution < -0.4 is 0 Å². The second-order valence-corrected chi connectivity index (χ2v) is 5.48. The van der Waals surface area contributed by atoms with Gasteiger partial charge in [0.15, 0.2) is 0 Å². The van der Waals surface area contributed by atoms with Gasteiger partial charge in [0, 0.05) is 31.2 Å². The minimum atomic E-state index is -0.0686. The molecule has 3 rings (SSSR count). The molecule has 0 spiro atoms. The Morgan fingerprint density at radius 3 is 3.10 bits per heavy atom. The Balaban J connectivity index is 1.75. The van der Waals surface area contributed by atoms with Crippen molar-refractivity contribution in [2.75, 3.05) is 19.7 Å². The van der Waals surface area contributed by atoms with Crippen molar-refractivity contribution < 1.29 is 9.84 Å². The first-order valence-electron chi connectivity index (χ1n) is 7.07. The Hall–Kier alpha value is -1.49. The summed E-state index contributed by atoms with van der Waals surface area (Å²) in [5.74, 6) is 0. The van der Waals surface area contributed by atoms with Crippen LogP contribution >= 0.6 is 0 Å². The molecule has 0 amide bonds. The van der Waals surface area contributed by atoms with Gasteiger partial charge in [0.2, 0.25) is 0 Å². The van der Waals surface area contributed by atoms with Gasteiger partial charge in [-0.2, -0.15) is 0 Å². The second kappa shape index (κ2) is 5.87. The fourth-order valence-corrected chi connectivity index (χ4v) is 2.85. The Labute approximate surface area is 119 Å². The highest BCUT2D eigenvalue weighted by Crippen LogP contribution is 2.17. The van der Waals surface area contributed by atoms with E-state index in [1.807, 2.05) is 12.3 Å². The fourth-order valence-electron chi connectivity index (χ4n) is 2.85. The van der Waals surface area contributed by atoms with E-state index in [9.17, 15) is 5.11 Å². The molecule has 1 saturated heterocycles. The topological polar surface area (TPSA) is 45.6 Å². The highest BCUT2D eigenvalue weighted by atomic mass is 16.5. The molecule has 20 heavy (non-hydrogen) atoms. The van der Waals surface area contributed by atoms with E-state index in [2.05, 4.69) is 41.1 Å². The zero-order valence-electron chi connectivity index (χ0n) is 11.7. The maximum Gasteiger partial charge on any atom is 0.0936 e. The Morgan fingerprint density at radius 1 is 1.35 bits per heavy atom. The van der Waals surface area contributed by atoms with Crippen LogP contribution in [0.25, 0.3) is 10.9 Å². The van der Waals surface area contributed by atoms with E-state index in [1.54, 1.807) is 0 Å². The molecule has 2 unspecified atom stereocenters.